The molecule has 2 N–H and O–H groups in total. The van der Waals surface area contributed by atoms with E-state index in [1.165, 1.54) is 22.3 Å². The third-order valence-electron chi connectivity index (χ3n) is 2.79. The van der Waals surface area contributed by atoms with Gasteiger partial charge in [0.15, 0.2) is 5.16 Å². The van der Waals surface area contributed by atoms with Crippen molar-refractivity contribution in [1.82, 2.24) is 20.5 Å². The molecule has 5 heteroatoms. The number of nitrogens with zero attached hydrogens (tertiary/aromatic N) is 2. The standard InChI is InChI=1S/C14H20N4S/c1-10(2)7-15-8-12-4-5-13(6-11(12)3)19-14-16-9-17-18-14/h4-6,9-10,15H,7-8H2,1-3H3,(H,16,17,18). The highest BCUT2D eigenvalue weighted by atomic mass is 32.2. The summed E-state index contributed by atoms with van der Waals surface area (Å²) in [6.45, 7) is 8.57. The van der Waals surface area contributed by atoms with Crippen LogP contribution in [0, 0.1) is 12.8 Å². The molecule has 4 nitrogen and oxygen atoms in total. The van der Waals surface area contributed by atoms with Crippen molar-refractivity contribution >= 4 is 11.8 Å². The minimum atomic E-state index is 0.682. The quantitative estimate of drug-likeness (QED) is 0.851. The molecule has 2 aromatic rings. The normalized spacial score (nSPS) is 11.2. The molecule has 1 aromatic heterocycles. The molecular formula is C14H20N4S. The summed E-state index contributed by atoms with van der Waals surface area (Å²) in [5.41, 5.74) is 2.66. The molecule has 0 spiro atoms. The van der Waals surface area contributed by atoms with Crippen molar-refractivity contribution in [3.63, 3.8) is 0 Å². The minimum Gasteiger partial charge on any atom is -0.312 e. The van der Waals surface area contributed by atoms with E-state index in [9.17, 15) is 0 Å². The Balaban J connectivity index is 1.96. The first kappa shape index (κ1) is 14.1. The van der Waals surface area contributed by atoms with Crippen molar-refractivity contribution in [2.45, 2.75) is 37.4 Å². The Morgan fingerprint density at radius 3 is 2.84 bits per heavy atom. The van der Waals surface area contributed by atoms with Gasteiger partial charge in [-0.05, 0) is 42.6 Å². The summed E-state index contributed by atoms with van der Waals surface area (Å²) in [6, 6.07) is 6.51. The number of aromatic nitrogens is 3. The summed E-state index contributed by atoms with van der Waals surface area (Å²) in [7, 11) is 0. The van der Waals surface area contributed by atoms with Crippen molar-refractivity contribution in [3.8, 4) is 0 Å². The van der Waals surface area contributed by atoms with Crippen molar-refractivity contribution in [3.05, 3.63) is 35.7 Å². The third-order valence-corrected chi connectivity index (χ3v) is 3.67. The highest BCUT2D eigenvalue weighted by molar-refractivity contribution is 7.99. The van der Waals surface area contributed by atoms with Crippen molar-refractivity contribution in [1.29, 1.82) is 0 Å². The molecule has 0 saturated carbocycles. The molecule has 0 aliphatic carbocycles. The van der Waals surface area contributed by atoms with Gasteiger partial charge >= 0.3 is 0 Å². The first-order valence-electron chi connectivity index (χ1n) is 6.48. The Morgan fingerprint density at radius 1 is 1.37 bits per heavy atom. The third kappa shape index (κ3) is 4.36. The maximum Gasteiger partial charge on any atom is 0.188 e. The van der Waals surface area contributed by atoms with Gasteiger partial charge in [-0.2, -0.15) is 5.10 Å². The van der Waals surface area contributed by atoms with Crippen LogP contribution in [0.3, 0.4) is 0 Å². The molecule has 0 fully saturated rings. The number of aryl methyl sites for hydroxylation is 1. The summed E-state index contributed by atoms with van der Waals surface area (Å²) < 4.78 is 0. The van der Waals surface area contributed by atoms with Crippen LogP contribution in [-0.4, -0.2) is 21.7 Å². The SMILES string of the molecule is Cc1cc(Sc2ncn[nH]2)ccc1CNCC(C)C. The second-order valence-electron chi connectivity index (χ2n) is 5.01. The van der Waals surface area contributed by atoms with E-state index in [1.54, 1.807) is 11.8 Å². The van der Waals surface area contributed by atoms with Crippen LogP contribution in [0.1, 0.15) is 25.0 Å². The van der Waals surface area contributed by atoms with Crippen LogP contribution in [0.2, 0.25) is 0 Å². The molecule has 0 saturated heterocycles. The van der Waals surface area contributed by atoms with Crippen molar-refractivity contribution in [2.75, 3.05) is 6.54 Å². The molecule has 0 aliphatic rings. The van der Waals surface area contributed by atoms with Gasteiger partial charge in [0.2, 0.25) is 0 Å². The molecule has 102 valence electrons. The zero-order valence-electron chi connectivity index (χ0n) is 11.6. The van der Waals surface area contributed by atoms with Gasteiger partial charge in [0.05, 0.1) is 0 Å². The Labute approximate surface area is 118 Å². The zero-order chi connectivity index (χ0) is 13.7. The topological polar surface area (TPSA) is 53.6 Å². The summed E-state index contributed by atoms with van der Waals surface area (Å²) in [6.07, 6.45) is 1.53. The smallest absolute Gasteiger partial charge is 0.188 e. The van der Waals surface area contributed by atoms with Crippen LogP contribution in [0.25, 0.3) is 0 Å². The molecule has 1 heterocycles. The highest BCUT2D eigenvalue weighted by Crippen LogP contribution is 2.25. The second kappa shape index (κ2) is 6.73. The molecule has 0 unspecified atom stereocenters. The Kier molecular flexibility index (Phi) is 4.99. The van der Waals surface area contributed by atoms with E-state index in [1.807, 2.05) is 0 Å². The summed E-state index contributed by atoms with van der Waals surface area (Å²) in [5.74, 6) is 0.682. The van der Waals surface area contributed by atoms with E-state index < -0.39 is 0 Å². The fourth-order valence-electron chi connectivity index (χ4n) is 1.78. The van der Waals surface area contributed by atoms with Crippen LogP contribution in [0.5, 0.6) is 0 Å². The lowest BCUT2D eigenvalue weighted by atomic mass is 10.1. The number of benzene rings is 1. The fourth-order valence-corrected chi connectivity index (χ4v) is 2.57. The van der Waals surface area contributed by atoms with Crippen molar-refractivity contribution < 1.29 is 0 Å². The van der Waals surface area contributed by atoms with Gasteiger partial charge in [-0.1, -0.05) is 31.7 Å². The van der Waals surface area contributed by atoms with E-state index in [0.29, 0.717) is 5.92 Å². The van der Waals surface area contributed by atoms with E-state index in [0.717, 1.165) is 18.2 Å². The van der Waals surface area contributed by atoms with Gasteiger partial charge in [0.25, 0.3) is 0 Å². The van der Waals surface area contributed by atoms with Crippen LogP contribution in [0.15, 0.2) is 34.6 Å². The lowest BCUT2D eigenvalue weighted by molar-refractivity contribution is 0.551. The lowest BCUT2D eigenvalue weighted by Gasteiger charge is -2.10. The van der Waals surface area contributed by atoms with Gasteiger partial charge in [0, 0.05) is 11.4 Å². The number of aromatic amines is 1. The molecule has 19 heavy (non-hydrogen) atoms. The Hall–Kier alpha value is -1.33. The zero-order valence-corrected chi connectivity index (χ0v) is 12.4. The molecule has 2 rings (SSSR count). The summed E-state index contributed by atoms with van der Waals surface area (Å²) in [4.78, 5) is 5.30. The number of rotatable bonds is 6. The highest BCUT2D eigenvalue weighted by Gasteiger charge is 2.04. The second-order valence-corrected chi connectivity index (χ2v) is 6.07. The van der Waals surface area contributed by atoms with E-state index in [4.69, 9.17) is 0 Å². The first-order chi connectivity index (χ1) is 9.15. The Bertz CT molecular complexity index is 508. The molecule has 0 aliphatic heterocycles. The van der Waals surface area contributed by atoms with Gasteiger partial charge in [-0.15, -0.1) is 0 Å². The molecular weight excluding hydrogens is 256 g/mol. The summed E-state index contributed by atoms with van der Waals surface area (Å²) >= 11 is 1.60. The van der Waals surface area contributed by atoms with Gasteiger partial charge in [-0.3, -0.25) is 5.10 Å². The first-order valence-corrected chi connectivity index (χ1v) is 7.30. The van der Waals surface area contributed by atoms with Crippen LogP contribution >= 0.6 is 11.8 Å². The average Bonchev–Trinajstić information content (AvgIpc) is 2.84. The predicted octanol–water partition coefficient (Wildman–Crippen LogP) is 3.01. The van der Waals surface area contributed by atoms with E-state index >= 15 is 0 Å². The minimum absolute atomic E-state index is 0.682. The fraction of sp³-hybridized carbons (Fsp3) is 0.429. The Morgan fingerprint density at radius 2 is 2.21 bits per heavy atom. The monoisotopic (exact) mass is 276 g/mol. The number of hydrogen-bond acceptors (Lipinski definition) is 4. The van der Waals surface area contributed by atoms with E-state index in [-0.39, 0.29) is 0 Å². The average molecular weight is 276 g/mol. The lowest BCUT2D eigenvalue weighted by Crippen LogP contribution is -2.19. The molecule has 0 bridgehead atoms. The molecule has 0 amide bonds. The maximum atomic E-state index is 4.12. The maximum absolute atomic E-state index is 4.12. The molecule has 0 radical (unpaired) electrons. The molecule has 0 atom stereocenters. The summed E-state index contributed by atoms with van der Waals surface area (Å²) in [5, 5.41) is 11.0. The molecule has 1 aromatic carbocycles. The van der Waals surface area contributed by atoms with Crippen LogP contribution in [-0.2, 0) is 6.54 Å². The largest absolute Gasteiger partial charge is 0.312 e. The van der Waals surface area contributed by atoms with Gasteiger partial charge in [0.1, 0.15) is 6.33 Å². The van der Waals surface area contributed by atoms with Crippen LogP contribution in [0.4, 0.5) is 0 Å². The van der Waals surface area contributed by atoms with Crippen LogP contribution < -0.4 is 5.32 Å². The number of hydrogen-bond donors (Lipinski definition) is 2. The van der Waals surface area contributed by atoms with Crippen molar-refractivity contribution in [2.24, 2.45) is 5.92 Å². The van der Waals surface area contributed by atoms with E-state index in [2.05, 4.69) is 59.5 Å². The number of H-pyrrole nitrogens is 1. The number of nitrogens with one attached hydrogen (secondary N) is 2. The van der Waals surface area contributed by atoms with Gasteiger partial charge < -0.3 is 5.32 Å². The van der Waals surface area contributed by atoms with Gasteiger partial charge in [-0.25, -0.2) is 4.98 Å². The predicted molar refractivity (Wildman–Crippen MR) is 78.2 cm³/mol.